The van der Waals surface area contributed by atoms with Crippen molar-refractivity contribution in [3.8, 4) is 0 Å². The Balaban J connectivity index is 2.41. The quantitative estimate of drug-likeness (QED) is 0.624. The third-order valence-electron chi connectivity index (χ3n) is 2.28. The molecule has 1 heterocycles. The molecule has 3 nitrogen and oxygen atoms in total. The zero-order chi connectivity index (χ0) is 8.43. The molecule has 3 heteroatoms. The van der Waals surface area contributed by atoms with Gasteiger partial charge in [-0.3, -0.25) is 4.79 Å². The van der Waals surface area contributed by atoms with Crippen LogP contribution in [0.4, 0.5) is 0 Å². The summed E-state index contributed by atoms with van der Waals surface area (Å²) in [5.41, 5.74) is 0. The Labute approximate surface area is 66.8 Å². The molecule has 0 radical (unpaired) electrons. The highest BCUT2D eigenvalue weighted by Gasteiger charge is 2.29. The highest BCUT2D eigenvalue weighted by Crippen LogP contribution is 2.18. The SMILES string of the molecule is CC(C)[C@H]1CC[C@@H](C(=O)O)N1. The summed E-state index contributed by atoms with van der Waals surface area (Å²) < 4.78 is 0. The standard InChI is InChI=1S/C8H15NO2/c1-5(2)6-3-4-7(9-6)8(10)11/h5-7,9H,3-4H2,1-2H3,(H,10,11)/t6-,7+/m1/s1. The number of hydrogen-bond donors (Lipinski definition) is 2. The molecule has 0 aromatic carbocycles. The van der Waals surface area contributed by atoms with E-state index in [1.54, 1.807) is 0 Å². The van der Waals surface area contributed by atoms with Gasteiger partial charge in [-0.05, 0) is 18.8 Å². The van der Waals surface area contributed by atoms with Gasteiger partial charge in [0, 0.05) is 6.04 Å². The van der Waals surface area contributed by atoms with Gasteiger partial charge in [0.1, 0.15) is 6.04 Å². The molecule has 1 rings (SSSR count). The van der Waals surface area contributed by atoms with Gasteiger partial charge in [0.15, 0.2) is 0 Å². The zero-order valence-corrected chi connectivity index (χ0v) is 7.00. The van der Waals surface area contributed by atoms with Gasteiger partial charge in [0.2, 0.25) is 0 Å². The predicted molar refractivity (Wildman–Crippen MR) is 42.4 cm³/mol. The third kappa shape index (κ3) is 1.93. The van der Waals surface area contributed by atoms with E-state index in [4.69, 9.17) is 5.11 Å². The number of carboxylic acid groups (broad SMARTS) is 1. The average molecular weight is 157 g/mol. The first-order chi connectivity index (χ1) is 5.11. The summed E-state index contributed by atoms with van der Waals surface area (Å²) in [5, 5.41) is 11.7. The molecule has 2 N–H and O–H groups in total. The van der Waals surface area contributed by atoms with Gasteiger partial charge in [-0.15, -0.1) is 0 Å². The lowest BCUT2D eigenvalue weighted by atomic mass is 10.0. The molecule has 0 aliphatic carbocycles. The van der Waals surface area contributed by atoms with Crippen LogP contribution in [0.25, 0.3) is 0 Å². The van der Waals surface area contributed by atoms with E-state index < -0.39 is 5.97 Å². The zero-order valence-electron chi connectivity index (χ0n) is 7.00. The lowest BCUT2D eigenvalue weighted by Crippen LogP contribution is -2.37. The van der Waals surface area contributed by atoms with Gasteiger partial charge in [-0.1, -0.05) is 13.8 Å². The normalized spacial score (nSPS) is 31.2. The molecular formula is C8H15NO2. The van der Waals surface area contributed by atoms with Crippen LogP contribution in [-0.2, 0) is 4.79 Å². The predicted octanol–water partition coefficient (Wildman–Crippen LogP) is 0.848. The van der Waals surface area contributed by atoms with Crippen molar-refractivity contribution >= 4 is 5.97 Å². The molecule has 0 spiro atoms. The summed E-state index contributed by atoms with van der Waals surface area (Å²) in [6.07, 6.45) is 1.77. The van der Waals surface area contributed by atoms with E-state index in [9.17, 15) is 4.79 Å². The molecule has 0 amide bonds. The maximum Gasteiger partial charge on any atom is 0.320 e. The Morgan fingerprint density at radius 3 is 2.45 bits per heavy atom. The number of nitrogens with one attached hydrogen (secondary N) is 1. The second-order valence-corrected chi connectivity index (χ2v) is 3.49. The molecule has 1 aliphatic rings. The van der Waals surface area contributed by atoms with Gasteiger partial charge < -0.3 is 10.4 Å². The fraction of sp³-hybridized carbons (Fsp3) is 0.875. The van der Waals surface area contributed by atoms with Crippen molar-refractivity contribution in [2.75, 3.05) is 0 Å². The van der Waals surface area contributed by atoms with Crippen molar-refractivity contribution in [3.63, 3.8) is 0 Å². The number of carbonyl (C=O) groups is 1. The second kappa shape index (κ2) is 3.22. The van der Waals surface area contributed by atoms with E-state index in [1.165, 1.54) is 0 Å². The van der Waals surface area contributed by atoms with Gasteiger partial charge in [-0.2, -0.15) is 0 Å². The Kier molecular flexibility index (Phi) is 2.49. The fourth-order valence-corrected chi connectivity index (χ4v) is 1.49. The van der Waals surface area contributed by atoms with Gasteiger partial charge >= 0.3 is 5.97 Å². The van der Waals surface area contributed by atoms with Crippen LogP contribution >= 0.6 is 0 Å². The Morgan fingerprint density at radius 1 is 1.55 bits per heavy atom. The smallest absolute Gasteiger partial charge is 0.320 e. The van der Waals surface area contributed by atoms with Crippen LogP contribution in [0.15, 0.2) is 0 Å². The van der Waals surface area contributed by atoms with Crippen LogP contribution < -0.4 is 5.32 Å². The maximum absolute atomic E-state index is 10.5. The highest BCUT2D eigenvalue weighted by atomic mass is 16.4. The van der Waals surface area contributed by atoms with Crippen LogP contribution in [0, 0.1) is 5.92 Å². The Morgan fingerprint density at radius 2 is 2.18 bits per heavy atom. The minimum atomic E-state index is -0.715. The fourth-order valence-electron chi connectivity index (χ4n) is 1.49. The summed E-state index contributed by atoms with van der Waals surface area (Å²) in [7, 11) is 0. The lowest BCUT2D eigenvalue weighted by Gasteiger charge is -2.14. The monoisotopic (exact) mass is 157 g/mol. The molecule has 0 unspecified atom stereocenters. The van der Waals surface area contributed by atoms with E-state index in [0.717, 1.165) is 12.8 Å². The van der Waals surface area contributed by atoms with Crippen molar-refractivity contribution in [1.82, 2.24) is 5.32 Å². The summed E-state index contributed by atoms with van der Waals surface area (Å²) >= 11 is 0. The molecule has 1 aliphatic heterocycles. The van der Waals surface area contributed by atoms with E-state index in [1.807, 2.05) is 0 Å². The molecule has 11 heavy (non-hydrogen) atoms. The van der Waals surface area contributed by atoms with Crippen LogP contribution in [0.2, 0.25) is 0 Å². The summed E-state index contributed by atoms with van der Waals surface area (Å²) in [5.74, 6) is -0.174. The molecule has 0 aromatic heterocycles. The van der Waals surface area contributed by atoms with Crippen LogP contribution in [0.3, 0.4) is 0 Å². The molecular weight excluding hydrogens is 142 g/mol. The summed E-state index contributed by atoms with van der Waals surface area (Å²) in [6.45, 7) is 4.23. The number of aliphatic carboxylic acids is 1. The average Bonchev–Trinajstić information content (AvgIpc) is 2.33. The minimum absolute atomic E-state index is 0.303. The number of carboxylic acids is 1. The first kappa shape index (κ1) is 8.53. The van der Waals surface area contributed by atoms with E-state index in [0.29, 0.717) is 12.0 Å². The molecule has 0 bridgehead atoms. The topological polar surface area (TPSA) is 49.3 Å². The van der Waals surface area contributed by atoms with Gasteiger partial charge in [-0.25, -0.2) is 0 Å². The van der Waals surface area contributed by atoms with E-state index in [2.05, 4.69) is 19.2 Å². The van der Waals surface area contributed by atoms with Crippen LogP contribution in [0.5, 0.6) is 0 Å². The van der Waals surface area contributed by atoms with Crippen molar-refractivity contribution < 1.29 is 9.90 Å². The molecule has 2 atom stereocenters. The molecule has 0 saturated carbocycles. The Hall–Kier alpha value is -0.570. The van der Waals surface area contributed by atoms with Crippen molar-refractivity contribution in [3.05, 3.63) is 0 Å². The molecule has 0 aromatic rings. The Bertz CT molecular complexity index is 156. The molecule has 1 fully saturated rings. The van der Waals surface area contributed by atoms with Crippen LogP contribution in [0.1, 0.15) is 26.7 Å². The van der Waals surface area contributed by atoms with Crippen molar-refractivity contribution in [1.29, 1.82) is 0 Å². The third-order valence-corrected chi connectivity index (χ3v) is 2.28. The van der Waals surface area contributed by atoms with Crippen LogP contribution in [-0.4, -0.2) is 23.2 Å². The summed E-state index contributed by atoms with van der Waals surface area (Å²) in [6, 6.07) is 0.0958. The second-order valence-electron chi connectivity index (χ2n) is 3.49. The number of rotatable bonds is 2. The largest absolute Gasteiger partial charge is 0.480 e. The first-order valence-electron chi connectivity index (χ1n) is 4.10. The highest BCUT2D eigenvalue weighted by molar-refractivity contribution is 5.73. The minimum Gasteiger partial charge on any atom is -0.480 e. The van der Waals surface area contributed by atoms with E-state index in [-0.39, 0.29) is 6.04 Å². The lowest BCUT2D eigenvalue weighted by molar-refractivity contribution is -0.139. The van der Waals surface area contributed by atoms with E-state index >= 15 is 0 Å². The molecule has 64 valence electrons. The van der Waals surface area contributed by atoms with Crippen molar-refractivity contribution in [2.24, 2.45) is 5.92 Å². The van der Waals surface area contributed by atoms with Gasteiger partial charge in [0.25, 0.3) is 0 Å². The summed E-state index contributed by atoms with van der Waals surface area (Å²) in [4.78, 5) is 10.5. The first-order valence-corrected chi connectivity index (χ1v) is 4.10. The molecule has 1 saturated heterocycles. The maximum atomic E-state index is 10.5. The van der Waals surface area contributed by atoms with Crippen molar-refractivity contribution in [2.45, 2.75) is 38.8 Å². The van der Waals surface area contributed by atoms with Gasteiger partial charge in [0.05, 0.1) is 0 Å². The number of hydrogen-bond acceptors (Lipinski definition) is 2.